The van der Waals surface area contributed by atoms with Gasteiger partial charge in [0.25, 0.3) is 0 Å². The Morgan fingerprint density at radius 3 is 2.13 bits per heavy atom. The van der Waals surface area contributed by atoms with Gasteiger partial charge in [-0.25, -0.2) is 4.68 Å². The van der Waals surface area contributed by atoms with Crippen LogP contribution in [0.4, 0.5) is 13.2 Å². The normalized spacial score (nSPS) is 11.7. The number of halogens is 3. The Morgan fingerprint density at radius 2 is 1.57 bits per heavy atom. The van der Waals surface area contributed by atoms with Crippen LogP contribution in [-0.2, 0) is 6.18 Å². The molecule has 1 N–H and O–H groups in total. The second kappa shape index (κ2) is 5.46. The first-order valence-corrected chi connectivity index (χ1v) is 6.88. The van der Waals surface area contributed by atoms with Crippen LogP contribution in [0.25, 0.3) is 16.9 Å². The number of aromatic hydroxyl groups is 1. The summed E-state index contributed by atoms with van der Waals surface area (Å²) in [7, 11) is 0. The van der Waals surface area contributed by atoms with Crippen LogP contribution in [0, 0.1) is 6.92 Å². The number of phenols is 1. The summed E-state index contributed by atoms with van der Waals surface area (Å²) in [6.07, 6.45) is -4.53. The molecule has 0 atom stereocenters. The van der Waals surface area contributed by atoms with Gasteiger partial charge in [0.2, 0.25) is 0 Å². The van der Waals surface area contributed by atoms with Crippen molar-refractivity contribution in [2.24, 2.45) is 0 Å². The van der Waals surface area contributed by atoms with Crippen LogP contribution in [0.3, 0.4) is 0 Å². The highest BCUT2D eigenvalue weighted by Gasteiger charge is 2.35. The smallest absolute Gasteiger partial charge is 0.435 e. The van der Waals surface area contributed by atoms with Gasteiger partial charge in [0.1, 0.15) is 5.75 Å². The molecule has 118 valence electrons. The third kappa shape index (κ3) is 3.06. The molecule has 0 radical (unpaired) electrons. The first-order chi connectivity index (χ1) is 10.8. The first-order valence-electron chi connectivity index (χ1n) is 6.88. The Balaban J connectivity index is 2.18. The van der Waals surface area contributed by atoms with Gasteiger partial charge in [0, 0.05) is 5.56 Å². The summed E-state index contributed by atoms with van der Waals surface area (Å²) in [4.78, 5) is 0. The van der Waals surface area contributed by atoms with Crippen molar-refractivity contribution >= 4 is 0 Å². The zero-order chi connectivity index (χ0) is 16.6. The largest absolute Gasteiger partial charge is 0.508 e. The quantitative estimate of drug-likeness (QED) is 0.751. The third-order valence-corrected chi connectivity index (χ3v) is 3.44. The van der Waals surface area contributed by atoms with Crippen molar-refractivity contribution in [1.29, 1.82) is 0 Å². The van der Waals surface area contributed by atoms with E-state index in [-0.39, 0.29) is 5.75 Å². The molecule has 23 heavy (non-hydrogen) atoms. The highest BCUT2D eigenvalue weighted by molar-refractivity contribution is 5.63. The van der Waals surface area contributed by atoms with Crippen molar-refractivity contribution in [1.82, 2.24) is 9.78 Å². The van der Waals surface area contributed by atoms with Gasteiger partial charge in [-0.15, -0.1) is 0 Å². The van der Waals surface area contributed by atoms with Crippen LogP contribution >= 0.6 is 0 Å². The number of hydrogen-bond donors (Lipinski definition) is 1. The fraction of sp³-hybridized carbons (Fsp3) is 0.118. The molecular formula is C17H13F3N2O. The van der Waals surface area contributed by atoms with E-state index in [2.05, 4.69) is 5.10 Å². The molecular weight excluding hydrogens is 305 g/mol. The fourth-order valence-corrected chi connectivity index (χ4v) is 2.24. The zero-order valence-corrected chi connectivity index (χ0v) is 12.2. The standard InChI is InChI=1S/C17H13F3N2O/c1-11-2-6-13(7-3-11)22-15(10-16(21-22)17(18,19)20)12-4-8-14(23)9-5-12/h2-10,23H,1H3. The van der Waals surface area contributed by atoms with Gasteiger partial charge in [0.15, 0.2) is 5.69 Å². The van der Waals surface area contributed by atoms with Gasteiger partial charge in [-0.3, -0.25) is 0 Å². The van der Waals surface area contributed by atoms with Crippen molar-refractivity contribution in [2.75, 3.05) is 0 Å². The summed E-state index contributed by atoms with van der Waals surface area (Å²) >= 11 is 0. The number of aryl methyl sites for hydroxylation is 1. The molecule has 0 amide bonds. The third-order valence-electron chi connectivity index (χ3n) is 3.44. The van der Waals surface area contributed by atoms with E-state index in [4.69, 9.17) is 0 Å². The molecule has 1 heterocycles. The van der Waals surface area contributed by atoms with E-state index in [1.165, 1.54) is 16.8 Å². The molecule has 2 aromatic carbocycles. The summed E-state index contributed by atoms with van der Waals surface area (Å²) in [5.41, 5.74) is 1.42. The van der Waals surface area contributed by atoms with E-state index in [0.29, 0.717) is 16.9 Å². The molecule has 0 spiro atoms. The molecule has 0 aliphatic heterocycles. The van der Waals surface area contributed by atoms with Crippen molar-refractivity contribution in [2.45, 2.75) is 13.1 Å². The van der Waals surface area contributed by atoms with Crippen LogP contribution in [-0.4, -0.2) is 14.9 Å². The van der Waals surface area contributed by atoms with Crippen LogP contribution in [0.2, 0.25) is 0 Å². The van der Waals surface area contributed by atoms with Crippen LogP contribution < -0.4 is 0 Å². The molecule has 0 aliphatic rings. The number of rotatable bonds is 2. The molecule has 0 bridgehead atoms. The molecule has 1 aromatic heterocycles. The van der Waals surface area contributed by atoms with Gasteiger partial charge in [0.05, 0.1) is 11.4 Å². The van der Waals surface area contributed by atoms with Gasteiger partial charge in [-0.05, 0) is 49.4 Å². The Hall–Kier alpha value is -2.76. The highest BCUT2D eigenvalue weighted by atomic mass is 19.4. The SMILES string of the molecule is Cc1ccc(-n2nc(C(F)(F)F)cc2-c2ccc(O)cc2)cc1. The van der Waals surface area contributed by atoms with E-state index >= 15 is 0 Å². The second-order valence-corrected chi connectivity index (χ2v) is 5.21. The van der Waals surface area contributed by atoms with Crippen LogP contribution in [0.1, 0.15) is 11.3 Å². The lowest BCUT2D eigenvalue weighted by Gasteiger charge is -2.08. The summed E-state index contributed by atoms with van der Waals surface area (Å²) in [6.45, 7) is 1.90. The molecule has 0 aliphatic carbocycles. The molecule has 0 fully saturated rings. The summed E-state index contributed by atoms with van der Waals surface area (Å²) < 4.78 is 40.3. The van der Waals surface area contributed by atoms with Gasteiger partial charge < -0.3 is 5.11 Å². The molecule has 6 heteroatoms. The lowest BCUT2D eigenvalue weighted by Crippen LogP contribution is -2.07. The van der Waals surface area contributed by atoms with Gasteiger partial charge in [-0.2, -0.15) is 18.3 Å². The van der Waals surface area contributed by atoms with Gasteiger partial charge in [-0.1, -0.05) is 17.7 Å². The maximum Gasteiger partial charge on any atom is 0.435 e. The minimum Gasteiger partial charge on any atom is -0.508 e. The maximum absolute atomic E-state index is 13.0. The van der Waals surface area contributed by atoms with E-state index in [9.17, 15) is 18.3 Å². The monoisotopic (exact) mass is 318 g/mol. The van der Waals surface area contributed by atoms with Crippen LogP contribution in [0.15, 0.2) is 54.6 Å². The zero-order valence-electron chi connectivity index (χ0n) is 12.2. The average molecular weight is 318 g/mol. The van der Waals surface area contributed by atoms with Crippen molar-refractivity contribution in [3.63, 3.8) is 0 Å². The number of benzene rings is 2. The predicted octanol–water partition coefficient (Wildman–Crippen LogP) is 4.57. The Morgan fingerprint density at radius 1 is 0.957 bits per heavy atom. The molecule has 0 saturated carbocycles. The Kier molecular flexibility index (Phi) is 3.60. The average Bonchev–Trinajstić information content (AvgIpc) is 2.94. The number of alkyl halides is 3. The lowest BCUT2D eigenvalue weighted by atomic mass is 10.1. The predicted molar refractivity (Wildman–Crippen MR) is 80.4 cm³/mol. The van der Waals surface area contributed by atoms with Crippen LogP contribution in [0.5, 0.6) is 5.75 Å². The molecule has 0 saturated heterocycles. The minimum absolute atomic E-state index is 0.0474. The van der Waals surface area contributed by atoms with E-state index in [1.807, 2.05) is 19.1 Å². The summed E-state index contributed by atoms with van der Waals surface area (Å²) in [5.74, 6) is 0.0474. The molecule has 0 unspecified atom stereocenters. The number of hydrogen-bond acceptors (Lipinski definition) is 2. The van der Waals surface area contributed by atoms with Gasteiger partial charge >= 0.3 is 6.18 Å². The number of nitrogens with zero attached hydrogens (tertiary/aromatic N) is 2. The topological polar surface area (TPSA) is 38.0 Å². The van der Waals surface area contributed by atoms with Crippen molar-refractivity contribution in [3.05, 3.63) is 65.9 Å². The minimum atomic E-state index is -4.53. The highest BCUT2D eigenvalue weighted by Crippen LogP contribution is 2.33. The molecule has 3 aromatic rings. The van der Waals surface area contributed by atoms with E-state index < -0.39 is 11.9 Å². The van der Waals surface area contributed by atoms with E-state index in [1.54, 1.807) is 24.3 Å². The summed E-state index contributed by atoms with van der Waals surface area (Å²) in [5, 5.41) is 13.1. The fourth-order valence-electron chi connectivity index (χ4n) is 2.24. The van der Waals surface area contributed by atoms with Crippen molar-refractivity contribution in [3.8, 4) is 22.7 Å². The molecule has 3 nitrogen and oxygen atoms in total. The number of phenolic OH excluding ortho intramolecular Hbond substituents is 1. The van der Waals surface area contributed by atoms with Crippen molar-refractivity contribution < 1.29 is 18.3 Å². The Labute approximate surface area is 130 Å². The molecule has 3 rings (SSSR count). The second-order valence-electron chi connectivity index (χ2n) is 5.21. The van der Waals surface area contributed by atoms with E-state index in [0.717, 1.165) is 11.6 Å². The lowest BCUT2D eigenvalue weighted by molar-refractivity contribution is -0.141. The maximum atomic E-state index is 13.0. The number of aromatic nitrogens is 2. The summed E-state index contributed by atoms with van der Waals surface area (Å²) in [6, 6.07) is 14.0. The Bertz CT molecular complexity index is 756. The first kappa shape index (κ1) is 15.1.